The molecule has 1 saturated heterocycles. The fourth-order valence-corrected chi connectivity index (χ4v) is 3.14. The third-order valence-electron chi connectivity index (χ3n) is 4.60. The second-order valence-electron chi connectivity index (χ2n) is 6.57. The van der Waals surface area contributed by atoms with Gasteiger partial charge in [-0.1, -0.05) is 19.9 Å². The van der Waals surface area contributed by atoms with Crippen molar-refractivity contribution < 1.29 is 9.84 Å². The van der Waals surface area contributed by atoms with Gasteiger partial charge in [-0.05, 0) is 30.7 Å². The van der Waals surface area contributed by atoms with Crippen LogP contribution >= 0.6 is 11.3 Å². The summed E-state index contributed by atoms with van der Waals surface area (Å²) in [5.41, 5.74) is 0.478. The number of aliphatic hydroxyl groups is 1. The van der Waals surface area contributed by atoms with Gasteiger partial charge < -0.3 is 9.84 Å². The van der Waals surface area contributed by atoms with Gasteiger partial charge in [0.25, 0.3) is 0 Å². The van der Waals surface area contributed by atoms with Gasteiger partial charge in [-0.3, -0.25) is 4.90 Å². The van der Waals surface area contributed by atoms with Crippen molar-refractivity contribution in [1.82, 2.24) is 4.90 Å². The normalized spacial score (nSPS) is 23.0. The van der Waals surface area contributed by atoms with Crippen molar-refractivity contribution in [2.45, 2.75) is 45.9 Å². The van der Waals surface area contributed by atoms with E-state index in [0.717, 1.165) is 6.54 Å². The van der Waals surface area contributed by atoms with Crippen molar-refractivity contribution in [3.63, 3.8) is 0 Å². The lowest BCUT2D eigenvalue weighted by atomic mass is 9.65. The van der Waals surface area contributed by atoms with Crippen LogP contribution in [0.15, 0.2) is 17.5 Å². The Morgan fingerprint density at radius 2 is 2.16 bits per heavy atom. The summed E-state index contributed by atoms with van der Waals surface area (Å²) in [7, 11) is 0. The second-order valence-corrected chi connectivity index (χ2v) is 7.60. The van der Waals surface area contributed by atoms with Crippen LogP contribution in [0.25, 0.3) is 0 Å². The molecular formula is C15H25NO2S. The van der Waals surface area contributed by atoms with Crippen LogP contribution in [-0.4, -0.2) is 41.3 Å². The summed E-state index contributed by atoms with van der Waals surface area (Å²) in [6, 6.07) is 4.07. The van der Waals surface area contributed by atoms with E-state index in [1.54, 1.807) is 11.3 Å². The Balaban J connectivity index is 1.69. The predicted molar refractivity (Wildman–Crippen MR) is 79.4 cm³/mol. The van der Waals surface area contributed by atoms with Crippen molar-refractivity contribution in [2.75, 3.05) is 19.7 Å². The smallest absolute Gasteiger partial charge is 0.0900 e. The van der Waals surface area contributed by atoms with E-state index in [-0.39, 0.29) is 5.54 Å². The molecule has 0 spiro atoms. The number of hydrogen-bond donors (Lipinski definition) is 1. The zero-order valence-corrected chi connectivity index (χ0v) is 13.2. The Bertz CT molecular complexity index is 400. The predicted octanol–water partition coefficient (Wildman–Crippen LogP) is 2.75. The number of β-amino-alcohol motifs (C(OH)–C–C–N with tert-alkyl or cyclic N) is 1. The number of aliphatic hydroxyl groups excluding tert-OH is 1. The fraction of sp³-hybridized carbons (Fsp3) is 0.733. The molecule has 1 aromatic heterocycles. The summed E-state index contributed by atoms with van der Waals surface area (Å²) in [5, 5.41) is 12.1. The van der Waals surface area contributed by atoms with Crippen molar-refractivity contribution in [2.24, 2.45) is 5.41 Å². The topological polar surface area (TPSA) is 32.7 Å². The molecule has 3 nitrogen and oxygen atoms in total. The van der Waals surface area contributed by atoms with Crippen molar-refractivity contribution in [1.29, 1.82) is 0 Å². The lowest BCUT2D eigenvalue weighted by Crippen LogP contribution is -2.70. The van der Waals surface area contributed by atoms with Crippen LogP contribution in [0.2, 0.25) is 0 Å². The largest absolute Gasteiger partial charge is 0.389 e. The van der Waals surface area contributed by atoms with Gasteiger partial charge in [0.15, 0.2) is 0 Å². The fourth-order valence-electron chi connectivity index (χ4n) is 2.50. The molecule has 1 aromatic rings. The number of likely N-dealkylation sites (tertiary alicyclic amines) is 1. The number of rotatable bonds is 6. The first kappa shape index (κ1) is 15.0. The highest BCUT2D eigenvalue weighted by atomic mass is 32.1. The summed E-state index contributed by atoms with van der Waals surface area (Å²) in [6.45, 7) is 11.8. The number of hydrogen-bond acceptors (Lipinski definition) is 4. The van der Waals surface area contributed by atoms with Crippen LogP contribution in [-0.2, 0) is 11.3 Å². The monoisotopic (exact) mass is 283 g/mol. The van der Waals surface area contributed by atoms with Crippen LogP contribution in [0.4, 0.5) is 0 Å². The van der Waals surface area contributed by atoms with E-state index in [1.165, 1.54) is 4.88 Å². The highest BCUT2D eigenvalue weighted by Gasteiger charge is 2.52. The molecule has 0 aromatic carbocycles. The maximum Gasteiger partial charge on any atom is 0.0900 e. The van der Waals surface area contributed by atoms with E-state index in [2.05, 4.69) is 38.7 Å². The van der Waals surface area contributed by atoms with Gasteiger partial charge in [-0.15, -0.1) is 11.3 Å². The third kappa shape index (κ3) is 3.19. The average molecular weight is 283 g/mol. The zero-order chi connectivity index (χ0) is 14.1. The summed E-state index contributed by atoms with van der Waals surface area (Å²) < 4.78 is 5.56. The lowest BCUT2D eigenvalue weighted by molar-refractivity contribution is -0.137. The Kier molecular flexibility index (Phi) is 4.35. The molecular weight excluding hydrogens is 258 g/mol. The molecule has 1 aliphatic rings. The third-order valence-corrected chi connectivity index (χ3v) is 5.45. The van der Waals surface area contributed by atoms with Gasteiger partial charge in [0.2, 0.25) is 0 Å². The summed E-state index contributed by atoms with van der Waals surface area (Å²) in [6.07, 6.45) is -0.407. The molecule has 0 saturated carbocycles. The number of ether oxygens (including phenoxy) is 1. The average Bonchev–Trinajstić information content (AvgIpc) is 2.81. The van der Waals surface area contributed by atoms with Crippen molar-refractivity contribution in [3.8, 4) is 0 Å². The zero-order valence-electron chi connectivity index (χ0n) is 12.3. The van der Waals surface area contributed by atoms with E-state index < -0.39 is 6.10 Å². The summed E-state index contributed by atoms with van der Waals surface area (Å²) in [4.78, 5) is 3.55. The molecule has 1 aliphatic heterocycles. The van der Waals surface area contributed by atoms with Crippen LogP contribution < -0.4 is 0 Å². The highest BCUT2D eigenvalue weighted by Crippen LogP contribution is 2.46. The molecule has 1 fully saturated rings. The van der Waals surface area contributed by atoms with Gasteiger partial charge in [-0.25, -0.2) is 0 Å². The standard InChI is InChI=1S/C15H25NO2S/c1-14(2)11-16(15(14,3)4)8-12(17)9-18-10-13-6-5-7-19-13/h5-7,12,17H,8-11H2,1-4H3. The maximum absolute atomic E-state index is 10.1. The maximum atomic E-state index is 10.1. The Hall–Kier alpha value is -0.420. The number of nitrogens with zero attached hydrogens (tertiary/aromatic N) is 1. The van der Waals surface area contributed by atoms with Crippen molar-refractivity contribution >= 4 is 11.3 Å². The molecule has 19 heavy (non-hydrogen) atoms. The summed E-state index contributed by atoms with van der Waals surface area (Å²) >= 11 is 1.69. The lowest BCUT2D eigenvalue weighted by Gasteiger charge is -2.62. The van der Waals surface area contributed by atoms with Gasteiger partial charge in [0, 0.05) is 23.5 Å². The van der Waals surface area contributed by atoms with Crippen LogP contribution in [0.3, 0.4) is 0 Å². The van der Waals surface area contributed by atoms with Crippen LogP contribution in [0.5, 0.6) is 0 Å². The van der Waals surface area contributed by atoms with Crippen molar-refractivity contribution in [3.05, 3.63) is 22.4 Å². The quantitative estimate of drug-likeness (QED) is 0.871. The van der Waals surface area contributed by atoms with E-state index >= 15 is 0 Å². The SMILES string of the molecule is CC1(C)CN(CC(O)COCc2cccs2)C1(C)C. The minimum Gasteiger partial charge on any atom is -0.389 e. The molecule has 1 N–H and O–H groups in total. The van der Waals surface area contributed by atoms with E-state index in [0.29, 0.717) is 25.2 Å². The van der Waals surface area contributed by atoms with Crippen LogP contribution in [0, 0.1) is 5.41 Å². The highest BCUT2D eigenvalue weighted by molar-refractivity contribution is 7.09. The Labute approximate surface area is 120 Å². The Morgan fingerprint density at radius 1 is 1.42 bits per heavy atom. The van der Waals surface area contributed by atoms with Gasteiger partial charge in [0.05, 0.1) is 19.3 Å². The molecule has 1 unspecified atom stereocenters. The molecule has 0 amide bonds. The van der Waals surface area contributed by atoms with E-state index in [9.17, 15) is 5.11 Å². The first-order valence-corrected chi connectivity index (χ1v) is 7.74. The number of thiophene rings is 1. The molecule has 2 rings (SSSR count). The van der Waals surface area contributed by atoms with E-state index in [4.69, 9.17) is 4.74 Å². The molecule has 1 atom stereocenters. The van der Waals surface area contributed by atoms with Gasteiger partial charge in [0.1, 0.15) is 0 Å². The van der Waals surface area contributed by atoms with Crippen LogP contribution in [0.1, 0.15) is 32.6 Å². The summed E-state index contributed by atoms with van der Waals surface area (Å²) in [5.74, 6) is 0. The van der Waals surface area contributed by atoms with Gasteiger partial charge in [-0.2, -0.15) is 0 Å². The molecule has 0 aliphatic carbocycles. The first-order valence-electron chi connectivity index (χ1n) is 6.86. The second kappa shape index (κ2) is 5.52. The Morgan fingerprint density at radius 3 is 2.68 bits per heavy atom. The molecule has 0 radical (unpaired) electrons. The van der Waals surface area contributed by atoms with E-state index in [1.807, 2.05) is 11.4 Å². The first-order chi connectivity index (χ1) is 8.83. The van der Waals surface area contributed by atoms with Gasteiger partial charge >= 0.3 is 0 Å². The molecule has 2 heterocycles. The molecule has 0 bridgehead atoms. The minimum atomic E-state index is -0.407. The minimum absolute atomic E-state index is 0.154. The molecule has 4 heteroatoms. The molecule has 108 valence electrons.